The highest BCUT2D eigenvalue weighted by molar-refractivity contribution is 7.99. The number of thioether (sulfide) groups is 1. The van der Waals surface area contributed by atoms with Crippen molar-refractivity contribution < 1.29 is 19.4 Å². The highest BCUT2D eigenvalue weighted by atomic mass is 32.2. The second-order valence-electron chi connectivity index (χ2n) is 6.81. The van der Waals surface area contributed by atoms with Crippen LogP contribution < -0.4 is 10.3 Å². The van der Waals surface area contributed by atoms with Gasteiger partial charge >= 0.3 is 0 Å². The molecule has 0 spiro atoms. The molecule has 0 atom stereocenters. The first-order valence-electron chi connectivity index (χ1n) is 9.68. The molecule has 1 aliphatic rings. The lowest BCUT2D eigenvalue weighted by molar-refractivity contribution is -0.385. The molecule has 32 heavy (non-hydrogen) atoms. The van der Waals surface area contributed by atoms with Crippen LogP contribution >= 0.6 is 11.8 Å². The molecule has 2 aromatic carbocycles. The number of carbonyl (C=O) groups is 1. The van der Waals surface area contributed by atoms with Gasteiger partial charge in [-0.2, -0.15) is 5.10 Å². The third-order valence-corrected chi connectivity index (χ3v) is 5.62. The van der Waals surface area contributed by atoms with Crippen LogP contribution in [0.2, 0.25) is 0 Å². The molecule has 1 saturated heterocycles. The van der Waals surface area contributed by atoms with E-state index >= 15 is 0 Å². The number of carbonyl (C=O) groups excluding carboxylic acids is 1. The summed E-state index contributed by atoms with van der Waals surface area (Å²) in [7, 11) is 0. The van der Waals surface area contributed by atoms with Crippen LogP contribution in [0.4, 0.5) is 17.1 Å². The quantitative estimate of drug-likeness (QED) is 0.343. The average molecular weight is 459 g/mol. The van der Waals surface area contributed by atoms with Gasteiger partial charge in [0.1, 0.15) is 0 Å². The van der Waals surface area contributed by atoms with Crippen molar-refractivity contribution in [3.05, 3.63) is 73.8 Å². The van der Waals surface area contributed by atoms with Crippen molar-refractivity contribution >= 4 is 40.9 Å². The largest absolute Gasteiger partial charge is 0.378 e. The molecule has 1 N–H and O–H groups in total. The average Bonchev–Trinajstić information content (AvgIpc) is 2.80. The van der Waals surface area contributed by atoms with Crippen LogP contribution in [-0.4, -0.2) is 54.0 Å². The number of rotatable bonds is 9. The predicted octanol–water partition coefficient (Wildman–Crippen LogP) is 2.72. The van der Waals surface area contributed by atoms with Crippen molar-refractivity contribution in [3.8, 4) is 0 Å². The summed E-state index contributed by atoms with van der Waals surface area (Å²) in [6.45, 7) is 2.45. The minimum Gasteiger partial charge on any atom is -0.378 e. The van der Waals surface area contributed by atoms with Gasteiger partial charge in [-0.1, -0.05) is 12.1 Å². The van der Waals surface area contributed by atoms with Crippen molar-refractivity contribution in [2.24, 2.45) is 5.10 Å². The second-order valence-corrected chi connectivity index (χ2v) is 7.79. The van der Waals surface area contributed by atoms with Gasteiger partial charge < -0.3 is 9.64 Å². The third kappa shape index (κ3) is 6.49. The fourth-order valence-corrected chi connectivity index (χ4v) is 3.81. The van der Waals surface area contributed by atoms with Crippen LogP contribution in [0.3, 0.4) is 0 Å². The first-order chi connectivity index (χ1) is 15.4. The maximum Gasteiger partial charge on any atom is 0.270 e. The van der Waals surface area contributed by atoms with Crippen molar-refractivity contribution in [3.63, 3.8) is 0 Å². The Labute approximate surface area is 187 Å². The fraction of sp³-hybridized carbons (Fsp3) is 0.300. The summed E-state index contributed by atoms with van der Waals surface area (Å²) < 4.78 is 5.35. The zero-order chi connectivity index (χ0) is 22.9. The van der Waals surface area contributed by atoms with E-state index in [0.717, 1.165) is 11.3 Å². The van der Waals surface area contributed by atoms with Gasteiger partial charge in [0.25, 0.3) is 11.4 Å². The molecular formula is C20H21N5O6S. The van der Waals surface area contributed by atoms with Gasteiger partial charge in [0.15, 0.2) is 0 Å². The maximum atomic E-state index is 12.1. The number of hydrazone groups is 1. The van der Waals surface area contributed by atoms with E-state index in [0.29, 0.717) is 37.6 Å². The predicted molar refractivity (Wildman–Crippen MR) is 121 cm³/mol. The van der Waals surface area contributed by atoms with Crippen molar-refractivity contribution in [1.82, 2.24) is 5.43 Å². The number of amides is 1. The number of ether oxygens (including phenoxy) is 1. The van der Waals surface area contributed by atoms with Crippen LogP contribution in [0.5, 0.6) is 0 Å². The van der Waals surface area contributed by atoms with Crippen molar-refractivity contribution in [1.29, 1.82) is 0 Å². The normalized spacial score (nSPS) is 13.8. The summed E-state index contributed by atoms with van der Waals surface area (Å²) >= 11 is 1.34. The standard InChI is InChI=1S/C20H21N5O6S/c26-20(14-32-13-15-1-3-17(4-2-15)24(27)28)22-21-12-16-11-18(25(29)30)5-6-19(16)23-7-9-31-10-8-23/h1-6,11-12H,7-10,13-14H2,(H,22,26)/b21-12+. The van der Waals surface area contributed by atoms with Gasteiger partial charge in [-0.05, 0) is 11.6 Å². The molecule has 0 aromatic heterocycles. The molecule has 1 amide bonds. The number of nitro groups is 2. The SMILES string of the molecule is O=C(CSCc1ccc([N+](=O)[O-])cc1)N/N=C/c1cc([N+](=O)[O-])ccc1N1CCOCC1. The van der Waals surface area contributed by atoms with Gasteiger partial charge in [-0.3, -0.25) is 25.0 Å². The molecular weight excluding hydrogens is 438 g/mol. The number of non-ortho nitro benzene ring substituents is 2. The van der Waals surface area contributed by atoms with Gasteiger partial charge in [0, 0.05) is 54.4 Å². The first kappa shape index (κ1) is 23.2. The molecule has 0 unspecified atom stereocenters. The fourth-order valence-electron chi connectivity index (χ4n) is 3.03. The number of nitro benzene ring substituents is 2. The third-order valence-electron chi connectivity index (χ3n) is 4.62. The van der Waals surface area contributed by atoms with Gasteiger partial charge in [-0.15, -0.1) is 11.8 Å². The molecule has 1 fully saturated rings. The topological polar surface area (TPSA) is 140 Å². The Balaban J connectivity index is 1.55. The van der Waals surface area contributed by atoms with Crippen molar-refractivity contribution in [2.75, 3.05) is 37.0 Å². The molecule has 12 heteroatoms. The van der Waals surface area contributed by atoms with Crippen LogP contribution in [0, 0.1) is 20.2 Å². The van der Waals surface area contributed by atoms with Crippen LogP contribution in [0.25, 0.3) is 0 Å². The molecule has 0 aliphatic carbocycles. The number of morpholine rings is 1. The molecule has 3 rings (SSSR count). The molecule has 0 radical (unpaired) electrons. The van der Waals surface area contributed by atoms with Gasteiger partial charge in [0.2, 0.25) is 5.91 Å². The number of nitrogens with zero attached hydrogens (tertiary/aromatic N) is 4. The first-order valence-corrected chi connectivity index (χ1v) is 10.8. The zero-order valence-electron chi connectivity index (χ0n) is 17.0. The number of nitrogens with one attached hydrogen (secondary N) is 1. The molecule has 168 valence electrons. The molecule has 2 aromatic rings. The van der Waals surface area contributed by atoms with E-state index in [9.17, 15) is 25.0 Å². The van der Waals surface area contributed by atoms with E-state index < -0.39 is 9.85 Å². The Kier molecular flexibility index (Phi) is 8.11. The Morgan fingerprint density at radius 2 is 1.75 bits per heavy atom. The summed E-state index contributed by atoms with van der Waals surface area (Å²) in [6.07, 6.45) is 1.40. The van der Waals surface area contributed by atoms with Gasteiger partial charge in [0.05, 0.1) is 35.0 Å². The maximum absolute atomic E-state index is 12.1. The Hall–Kier alpha value is -3.51. The van der Waals surface area contributed by atoms with E-state index in [2.05, 4.69) is 15.4 Å². The smallest absolute Gasteiger partial charge is 0.270 e. The van der Waals surface area contributed by atoms with E-state index in [1.807, 2.05) is 0 Å². The Morgan fingerprint density at radius 1 is 1.09 bits per heavy atom. The lowest BCUT2D eigenvalue weighted by Crippen LogP contribution is -2.36. The molecule has 0 saturated carbocycles. The lowest BCUT2D eigenvalue weighted by atomic mass is 10.1. The molecule has 11 nitrogen and oxygen atoms in total. The summed E-state index contributed by atoms with van der Waals surface area (Å²) in [6, 6.07) is 10.7. The molecule has 1 aliphatic heterocycles. The summed E-state index contributed by atoms with van der Waals surface area (Å²) in [5.74, 6) is 0.326. The van der Waals surface area contributed by atoms with Crippen LogP contribution in [0.1, 0.15) is 11.1 Å². The number of hydrogen-bond donors (Lipinski definition) is 1. The van der Waals surface area contributed by atoms with Gasteiger partial charge in [-0.25, -0.2) is 5.43 Å². The van der Waals surface area contributed by atoms with E-state index in [1.165, 1.54) is 42.2 Å². The highest BCUT2D eigenvalue weighted by Crippen LogP contribution is 2.25. The monoisotopic (exact) mass is 459 g/mol. The molecule has 0 bridgehead atoms. The number of anilines is 1. The van der Waals surface area contributed by atoms with E-state index in [4.69, 9.17) is 4.74 Å². The summed E-state index contributed by atoms with van der Waals surface area (Å²) in [4.78, 5) is 35.0. The molecule has 1 heterocycles. The van der Waals surface area contributed by atoms with E-state index in [1.54, 1.807) is 18.2 Å². The minimum absolute atomic E-state index is 0.0171. The second kappa shape index (κ2) is 11.2. The van der Waals surface area contributed by atoms with E-state index in [-0.39, 0.29) is 23.0 Å². The number of benzene rings is 2. The Bertz CT molecular complexity index is 1010. The highest BCUT2D eigenvalue weighted by Gasteiger charge is 2.17. The zero-order valence-corrected chi connectivity index (χ0v) is 17.8. The number of hydrogen-bond acceptors (Lipinski definition) is 9. The summed E-state index contributed by atoms with van der Waals surface area (Å²) in [5.41, 5.74) is 4.56. The Morgan fingerprint density at radius 3 is 2.41 bits per heavy atom. The van der Waals surface area contributed by atoms with Crippen LogP contribution in [-0.2, 0) is 15.3 Å². The lowest BCUT2D eigenvalue weighted by Gasteiger charge is -2.29. The van der Waals surface area contributed by atoms with Crippen molar-refractivity contribution in [2.45, 2.75) is 5.75 Å². The summed E-state index contributed by atoms with van der Waals surface area (Å²) in [5, 5.41) is 25.8. The minimum atomic E-state index is -0.478. The van der Waals surface area contributed by atoms with Crippen LogP contribution in [0.15, 0.2) is 47.6 Å².